The molecular weight excluding hydrogens is 78.1 g/mol. The molecule has 0 radical (unpaired) electrons. The Balaban J connectivity index is 2.33. The van der Waals surface area contributed by atoms with Gasteiger partial charge in [0.1, 0.15) is 0 Å². The van der Waals surface area contributed by atoms with Crippen molar-refractivity contribution < 1.29 is 0 Å². The van der Waals surface area contributed by atoms with Crippen LogP contribution < -0.4 is 0 Å². The molecule has 3 heteroatoms. The van der Waals surface area contributed by atoms with E-state index in [9.17, 15) is 0 Å². The van der Waals surface area contributed by atoms with Crippen LogP contribution in [0, 0.1) is 0 Å². The molecule has 0 amide bonds. The Labute approximate surface area is 35.6 Å². The van der Waals surface area contributed by atoms with Crippen LogP contribution in [0.5, 0.6) is 0 Å². The molecule has 1 aliphatic rings. The lowest BCUT2D eigenvalue weighted by atomic mass is 10.8. The maximum absolute atomic E-state index is 7.74. The van der Waals surface area contributed by atoms with Crippen LogP contribution in [0.2, 0.25) is 0 Å². The van der Waals surface area contributed by atoms with Gasteiger partial charge in [-0.1, -0.05) is 5.11 Å². The Kier molecular flexibility index (Phi) is 0.691. The molecule has 1 saturated carbocycles. The highest BCUT2D eigenvalue weighted by Gasteiger charge is 2.18. The lowest BCUT2D eigenvalue weighted by Crippen LogP contribution is -1.61. The molecule has 1 rings (SSSR count). The fourth-order valence-electron chi connectivity index (χ4n) is 0.263. The largest absolute Gasteiger partial charge is 0.0906 e. The third-order valence-corrected chi connectivity index (χ3v) is 0.762. The Morgan fingerprint density at radius 1 is 1.67 bits per heavy atom. The van der Waals surface area contributed by atoms with Gasteiger partial charge in [0.2, 0.25) is 0 Å². The summed E-state index contributed by atoms with van der Waals surface area (Å²) >= 11 is 0. The second-order valence-corrected chi connectivity index (χ2v) is 1.44. The van der Waals surface area contributed by atoms with Crippen LogP contribution in [0.25, 0.3) is 10.4 Å². The summed E-state index contributed by atoms with van der Waals surface area (Å²) in [4.78, 5) is 2.62. The SMILES string of the molecule is [N-]=[N+]=NC1CC1. The minimum absolute atomic E-state index is 0.356. The van der Waals surface area contributed by atoms with E-state index in [2.05, 4.69) is 10.0 Å². The van der Waals surface area contributed by atoms with Gasteiger partial charge in [-0.2, -0.15) is 0 Å². The van der Waals surface area contributed by atoms with Crippen molar-refractivity contribution in [3.05, 3.63) is 10.4 Å². The first-order valence-corrected chi connectivity index (χ1v) is 1.97. The standard InChI is InChI=1S/C3H5N3/c4-6-5-3-1-2-3/h3H,1-2H2. The first kappa shape index (κ1) is 3.50. The van der Waals surface area contributed by atoms with E-state index in [-0.39, 0.29) is 0 Å². The van der Waals surface area contributed by atoms with E-state index in [0.29, 0.717) is 6.04 Å². The van der Waals surface area contributed by atoms with Gasteiger partial charge in [-0.25, -0.2) is 0 Å². The van der Waals surface area contributed by atoms with Crippen molar-refractivity contribution in [3.63, 3.8) is 0 Å². The lowest BCUT2D eigenvalue weighted by Gasteiger charge is -1.61. The summed E-state index contributed by atoms with van der Waals surface area (Å²) in [7, 11) is 0. The minimum Gasteiger partial charge on any atom is -0.0906 e. The molecule has 0 atom stereocenters. The predicted molar refractivity (Wildman–Crippen MR) is 22.2 cm³/mol. The number of hydrogen-bond donors (Lipinski definition) is 0. The first-order valence-electron chi connectivity index (χ1n) is 1.97. The molecule has 3 nitrogen and oxygen atoms in total. The van der Waals surface area contributed by atoms with Gasteiger partial charge < -0.3 is 0 Å². The number of nitrogens with zero attached hydrogens (tertiary/aromatic N) is 3. The Bertz CT molecular complexity index is 88.2. The fraction of sp³-hybridized carbons (Fsp3) is 1.00. The quantitative estimate of drug-likeness (QED) is 0.262. The van der Waals surface area contributed by atoms with E-state index < -0.39 is 0 Å². The molecule has 6 heavy (non-hydrogen) atoms. The maximum Gasteiger partial charge on any atom is 0.0374 e. The van der Waals surface area contributed by atoms with Crippen LogP contribution in [-0.4, -0.2) is 6.04 Å². The van der Waals surface area contributed by atoms with Crippen molar-refractivity contribution in [3.8, 4) is 0 Å². The molecule has 32 valence electrons. The van der Waals surface area contributed by atoms with E-state index in [4.69, 9.17) is 5.53 Å². The summed E-state index contributed by atoms with van der Waals surface area (Å²) in [6.45, 7) is 0. The number of azide groups is 1. The normalized spacial score (nSPS) is 19.3. The molecule has 0 aromatic rings. The van der Waals surface area contributed by atoms with Crippen LogP contribution in [0.4, 0.5) is 0 Å². The molecule has 0 heterocycles. The molecule has 0 N–H and O–H groups in total. The molecule has 0 saturated heterocycles. The highest BCUT2D eigenvalue weighted by Crippen LogP contribution is 2.22. The molecular formula is C3H5N3. The van der Waals surface area contributed by atoms with Gasteiger partial charge in [0, 0.05) is 11.0 Å². The third-order valence-electron chi connectivity index (χ3n) is 0.762. The number of rotatable bonds is 1. The van der Waals surface area contributed by atoms with Crippen molar-refractivity contribution in [1.29, 1.82) is 0 Å². The highest BCUT2D eigenvalue weighted by atomic mass is 15.2. The van der Waals surface area contributed by atoms with E-state index in [1.807, 2.05) is 0 Å². The Morgan fingerprint density at radius 2 is 2.33 bits per heavy atom. The summed E-state index contributed by atoms with van der Waals surface area (Å²) in [5.41, 5.74) is 7.74. The molecule has 0 aromatic heterocycles. The average molecular weight is 83.1 g/mol. The third kappa shape index (κ3) is 0.626. The zero-order valence-corrected chi connectivity index (χ0v) is 3.33. The van der Waals surface area contributed by atoms with Crippen molar-refractivity contribution in [1.82, 2.24) is 0 Å². The Morgan fingerprint density at radius 3 is 2.50 bits per heavy atom. The van der Waals surface area contributed by atoms with Gasteiger partial charge in [0.15, 0.2) is 0 Å². The van der Waals surface area contributed by atoms with Gasteiger partial charge >= 0.3 is 0 Å². The molecule has 0 aliphatic heterocycles. The minimum atomic E-state index is 0.356. The smallest absolute Gasteiger partial charge is 0.0374 e. The van der Waals surface area contributed by atoms with Crippen LogP contribution in [-0.2, 0) is 0 Å². The second kappa shape index (κ2) is 1.19. The monoisotopic (exact) mass is 83.0 g/mol. The molecule has 0 bridgehead atoms. The van der Waals surface area contributed by atoms with E-state index >= 15 is 0 Å². The van der Waals surface area contributed by atoms with Crippen LogP contribution in [0.3, 0.4) is 0 Å². The van der Waals surface area contributed by atoms with Gasteiger partial charge in [-0.05, 0) is 18.4 Å². The average Bonchev–Trinajstić information content (AvgIpc) is 2.21. The van der Waals surface area contributed by atoms with Crippen molar-refractivity contribution in [2.75, 3.05) is 0 Å². The summed E-state index contributed by atoms with van der Waals surface area (Å²) in [6, 6.07) is 0.356. The van der Waals surface area contributed by atoms with Crippen molar-refractivity contribution >= 4 is 0 Å². The Hall–Kier alpha value is -0.690. The van der Waals surface area contributed by atoms with Crippen LogP contribution >= 0.6 is 0 Å². The van der Waals surface area contributed by atoms with E-state index in [1.54, 1.807) is 0 Å². The zero-order chi connectivity index (χ0) is 4.41. The second-order valence-electron chi connectivity index (χ2n) is 1.44. The summed E-state index contributed by atoms with van der Waals surface area (Å²) in [5, 5.41) is 3.42. The molecule has 1 aliphatic carbocycles. The topological polar surface area (TPSA) is 48.8 Å². The molecule has 1 fully saturated rings. The van der Waals surface area contributed by atoms with Gasteiger partial charge in [-0.15, -0.1) is 0 Å². The molecule has 0 spiro atoms. The molecule has 0 aromatic carbocycles. The zero-order valence-electron chi connectivity index (χ0n) is 3.33. The van der Waals surface area contributed by atoms with Gasteiger partial charge in [0.25, 0.3) is 0 Å². The van der Waals surface area contributed by atoms with Crippen LogP contribution in [0.15, 0.2) is 5.11 Å². The summed E-state index contributed by atoms with van der Waals surface area (Å²) < 4.78 is 0. The highest BCUT2D eigenvalue weighted by molar-refractivity contribution is 4.80. The summed E-state index contributed by atoms with van der Waals surface area (Å²) in [6.07, 6.45) is 2.20. The van der Waals surface area contributed by atoms with Crippen molar-refractivity contribution in [2.24, 2.45) is 5.11 Å². The first-order chi connectivity index (χ1) is 2.93. The number of hydrogen-bond acceptors (Lipinski definition) is 1. The van der Waals surface area contributed by atoms with E-state index in [1.165, 1.54) is 0 Å². The van der Waals surface area contributed by atoms with Gasteiger partial charge in [0.05, 0.1) is 0 Å². The predicted octanol–water partition coefficient (Wildman–Crippen LogP) is 1.46. The fourth-order valence-corrected chi connectivity index (χ4v) is 0.263. The van der Waals surface area contributed by atoms with Crippen LogP contribution in [0.1, 0.15) is 12.8 Å². The maximum atomic E-state index is 7.74. The van der Waals surface area contributed by atoms with E-state index in [0.717, 1.165) is 12.8 Å². The molecule has 0 unspecified atom stereocenters. The van der Waals surface area contributed by atoms with Crippen molar-refractivity contribution in [2.45, 2.75) is 18.9 Å². The lowest BCUT2D eigenvalue weighted by molar-refractivity contribution is 1.05. The summed E-state index contributed by atoms with van der Waals surface area (Å²) in [5.74, 6) is 0. The van der Waals surface area contributed by atoms with Gasteiger partial charge in [-0.3, -0.25) is 0 Å².